The summed E-state index contributed by atoms with van der Waals surface area (Å²) in [6.07, 6.45) is 1.16. The van der Waals surface area contributed by atoms with Crippen LogP contribution in [0.1, 0.15) is 28.2 Å². The molecule has 0 aliphatic heterocycles. The van der Waals surface area contributed by atoms with Crippen LogP contribution in [-0.2, 0) is 14.1 Å². The van der Waals surface area contributed by atoms with Crippen LogP contribution in [-0.4, -0.2) is 24.7 Å². The fraction of sp³-hybridized carbons (Fsp3) is 0.438. The van der Waals surface area contributed by atoms with Gasteiger partial charge in [-0.25, -0.2) is 4.79 Å². The largest absolute Gasteiger partial charge is 0.461 e. The molecular weight excluding hydrogens is 356 g/mol. The Labute approximate surface area is 149 Å². The summed E-state index contributed by atoms with van der Waals surface area (Å²) >= 11 is 10.8. The van der Waals surface area contributed by atoms with Gasteiger partial charge in [0.05, 0.1) is 0 Å². The third-order valence-corrected chi connectivity index (χ3v) is 4.30. The van der Waals surface area contributed by atoms with E-state index in [1.807, 2.05) is 6.07 Å². The number of ether oxygens (including phenoxy) is 1. The number of carbonyl (C=O) groups excluding carboxylic acids is 1. The predicted molar refractivity (Wildman–Crippen MR) is 101 cm³/mol. The van der Waals surface area contributed by atoms with E-state index in [0.717, 1.165) is 6.08 Å². The van der Waals surface area contributed by atoms with Crippen molar-refractivity contribution in [2.75, 3.05) is 13.2 Å². The van der Waals surface area contributed by atoms with Gasteiger partial charge >= 0.3 is 5.97 Å². The van der Waals surface area contributed by atoms with Gasteiger partial charge in [0.2, 0.25) is 0 Å². The fourth-order valence-corrected chi connectivity index (χ4v) is 2.43. The van der Waals surface area contributed by atoms with Crippen LogP contribution in [0.3, 0.4) is 0 Å². The number of nitrogens with one attached hydrogen (secondary N) is 1. The molecule has 0 bridgehead atoms. The maximum absolute atomic E-state index is 10.9. The van der Waals surface area contributed by atoms with Gasteiger partial charge in [-0.15, -0.1) is 0 Å². The monoisotopic (exact) mass is 381 g/mol. The van der Waals surface area contributed by atoms with Crippen LogP contribution in [0.4, 0.5) is 0 Å². The minimum absolute atomic E-state index is 0. The van der Waals surface area contributed by atoms with Gasteiger partial charge in [-0.3, -0.25) is 4.57 Å². The molecule has 0 atom stereocenters. The van der Waals surface area contributed by atoms with E-state index < -0.39 is 5.85 Å². The van der Waals surface area contributed by atoms with E-state index in [1.54, 1.807) is 24.3 Å². The molecule has 0 saturated carbocycles. The number of hydrogen-bond donors (Lipinski definition) is 1. The Morgan fingerprint density at radius 1 is 1.30 bits per heavy atom. The van der Waals surface area contributed by atoms with E-state index in [2.05, 4.69) is 32.7 Å². The van der Waals surface area contributed by atoms with Crippen molar-refractivity contribution in [1.29, 1.82) is 0 Å². The average Bonchev–Trinajstić information content (AvgIpc) is 2.43. The van der Waals surface area contributed by atoms with Crippen molar-refractivity contribution in [3.8, 4) is 0 Å². The van der Waals surface area contributed by atoms with Crippen molar-refractivity contribution >= 4 is 39.6 Å². The highest BCUT2D eigenvalue weighted by atomic mass is 35.9. The van der Waals surface area contributed by atoms with Crippen LogP contribution in [0.25, 0.3) is 0 Å². The van der Waals surface area contributed by atoms with Gasteiger partial charge < -0.3 is 10.1 Å². The van der Waals surface area contributed by atoms with E-state index >= 15 is 0 Å². The Bertz CT molecular complexity index is 510. The van der Waals surface area contributed by atoms with Crippen molar-refractivity contribution in [3.05, 3.63) is 43.0 Å². The molecule has 23 heavy (non-hydrogen) atoms. The van der Waals surface area contributed by atoms with Crippen molar-refractivity contribution in [2.45, 2.75) is 33.7 Å². The number of esters is 1. The zero-order valence-corrected chi connectivity index (χ0v) is 15.4. The molecule has 1 aromatic rings. The molecule has 132 valence electrons. The maximum Gasteiger partial charge on any atom is 0.330 e. The van der Waals surface area contributed by atoms with Crippen LogP contribution >= 0.6 is 28.3 Å². The zero-order chi connectivity index (χ0) is 17.2. The van der Waals surface area contributed by atoms with Crippen molar-refractivity contribution in [2.24, 2.45) is 0 Å². The lowest BCUT2D eigenvalue weighted by Gasteiger charge is -2.19. The van der Waals surface area contributed by atoms with Crippen molar-refractivity contribution < 1.29 is 14.1 Å². The van der Waals surface area contributed by atoms with Gasteiger partial charge in [0.15, 0.2) is 0 Å². The summed E-state index contributed by atoms with van der Waals surface area (Å²) in [6.45, 7) is 10.5. The normalized spacial score (nSPS) is 10.7. The van der Waals surface area contributed by atoms with E-state index in [4.69, 9.17) is 27.2 Å². The van der Waals surface area contributed by atoms with Gasteiger partial charge in [0.25, 0.3) is 5.85 Å². The SMILES string of the molecule is C.C=CC(=O)OCCNC(C)(C)C.O=P(Cl)(Cl)c1ccccc1. The second kappa shape index (κ2) is 11.7. The molecule has 0 aliphatic carbocycles. The smallest absolute Gasteiger partial charge is 0.330 e. The standard InChI is InChI=1S/C9H17NO2.C6H5Cl2OP.CH4/c1-5-8(11)12-7-6-10-9(2,3)4;7-10(8,9)6-4-2-1-3-5-6;/h5,10H,1,6-7H2,2-4H3;1-5H;1H4. The van der Waals surface area contributed by atoms with E-state index in [1.165, 1.54) is 0 Å². The Hall–Kier alpha value is -0.800. The Kier molecular flexibility index (Phi) is 12.4. The molecule has 0 amide bonds. The topological polar surface area (TPSA) is 55.4 Å². The molecule has 1 aromatic carbocycles. The zero-order valence-electron chi connectivity index (χ0n) is 13.0. The second-order valence-corrected chi connectivity index (χ2v) is 10.2. The summed E-state index contributed by atoms with van der Waals surface area (Å²) in [7, 11) is 0. The Morgan fingerprint density at radius 3 is 2.17 bits per heavy atom. The van der Waals surface area contributed by atoms with Crippen molar-refractivity contribution in [1.82, 2.24) is 5.32 Å². The van der Waals surface area contributed by atoms with E-state index in [9.17, 15) is 9.36 Å². The molecule has 0 unspecified atom stereocenters. The molecule has 0 fully saturated rings. The lowest BCUT2D eigenvalue weighted by atomic mass is 10.1. The Balaban J connectivity index is 0. The van der Waals surface area contributed by atoms with E-state index in [-0.39, 0.29) is 18.9 Å². The molecule has 0 saturated heterocycles. The average molecular weight is 382 g/mol. The quantitative estimate of drug-likeness (QED) is 0.347. The highest BCUT2D eigenvalue weighted by Gasteiger charge is 2.15. The summed E-state index contributed by atoms with van der Waals surface area (Å²) in [5.41, 5.74) is 0.0700. The summed E-state index contributed by atoms with van der Waals surface area (Å²) < 4.78 is 15.7. The summed E-state index contributed by atoms with van der Waals surface area (Å²) in [5, 5.41) is 3.67. The van der Waals surface area contributed by atoms with Gasteiger partial charge in [-0.05, 0) is 55.4 Å². The maximum atomic E-state index is 10.9. The first kappa shape index (κ1) is 24.5. The molecule has 0 spiro atoms. The highest BCUT2D eigenvalue weighted by molar-refractivity contribution is 8.13. The summed E-state index contributed by atoms with van der Waals surface area (Å²) in [5.74, 6) is -3.44. The molecule has 0 radical (unpaired) electrons. The van der Waals surface area contributed by atoms with E-state index in [0.29, 0.717) is 18.5 Å². The second-order valence-electron chi connectivity index (χ2n) is 5.35. The molecule has 0 heterocycles. The molecule has 1 rings (SSSR count). The first-order valence-corrected chi connectivity index (χ1v) is 10.2. The molecule has 1 N–H and O–H groups in total. The molecule has 0 aliphatic rings. The third-order valence-electron chi connectivity index (χ3n) is 2.23. The number of benzene rings is 1. The van der Waals surface area contributed by atoms with Gasteiger partial charge in [-0.2, -0.15) is 0 Å². The van der Waals surface area contributed by atoms with Crippen LogP contribution in [0.15, 0.2) is 43.0 Å². The number of carbonyl (C=O) groups is 1. The lowest BCUT2D eigenvalue weighted by molar-refractivity contribution is -0.137. The van der Waals surface area contributed by atoms with Gasteiger partial charge in [0.1, 0.15) is 6.61 Å². The summed E-state index contributed by atoms with van der Waals surface area (Å²) in [4.78, 5) is 10.6. The minimum atomic E-state index is -3.07. The lowest BCUT2D eigenvalue weighted by Crippen LogP contribution is -2.38. The van der Waals surface area contributed by atoms with Crippen LogP contribution in [0.5, 0.6) is 0 Å². The number of rotatable bonds is 5. The molecular formula is C16H26Cl2NO3P. The fourth-order valence-electron chi connectivity index (χ4n) is 1.24. The number of halogens is 2. The first-order chi connectivity index (χ1) is 10.1. The van der Waals surface area contributed by atoms with Crippen LogP contribution in [0, 0.1) is 0 Å². The predicted octanol–water partition coefficient (Wildman–Crippen LogP) is 4.72. The van der Waals surface area contributed by atoms with Crippen molar-refractivity contribution in [3.63, 3.8) is 0 Å². The molecule has 0 aromatic heterocycles. The number of hydrogen-bond acceptors (Lipinski definition) is 4. The molecule has 4 nitrogen and oxygen atoms in total. The van der Waals surface area contributed by atoms with Gasteiger partial charge in [0, 0.05) is 23.5 Å². The van der Waals surface area contributed by atoms with Crippen LogP contribution < -0.4 is 10.6 Å². The van der Waals surface area contributed by atoms with Gasteiger partial charge in [-0.1, -0.05) is 32.2 Å². The molecule has 7 heteroatoms. The first-order valence-electron chi connectivity index (χ1n) is 6.65. The summed E-state index contributed by atoms with van der Waals surface area (Å²) in [6, 6.07) is 8.58. The minimum Gasteiger partial charge on any atom is -0.461 e. The third kappa shape index (κ3) is 14.5. The van der Waals surface area contributed by atoms with Crippen LogP contribution in [0.2, 0.25) is 0 Å². The highest BCUT2D eigenvalue weighted by Crippen LogP contribution is 2.54. The Morgan fingerprint density at radius 2 is 1.83 bits per heavy atom.